The summed E-state index contributed by atoms with van der Waals surface area (Å²) in [7, 11) is 0. The van der Waals surface area contributed by atoms with E-state index in [0.29, 0.717) is 6.04 Å². The number of piperidine rings is 1. The van der Waals surface area contributed by atoms with Gasteiger partial charge in [-0.25, -0.2) is 0 Å². The zero-order valence-electron chi connectivity index (χ0n) is 9.82. The molecule has 0 saturated carbocycles. The summed E-state index contributed by atoms with van der Waals surface area (Å²) in [6.07, 6.45) is 9.21. The van der Waals surface area contributed by atoms with Crippen molar-refractivity contribution in [2.75, 3.05) is 13.1 Å². The molecule has 0 radical (unpaired) electrons. The molecule has 1 aromatic heterocycles. The van der Waals surface area contributed by atoms with E-state index in [-0.39, 0.29) is 6.04 Å². The molecule has 1 saturated heterocycles. The molecule has 0 bridgehead atoms. The van der Waals surface area contributed by atoms with Crippen molar-refractivity contribution < 1.29 is 0 Å². The van der Waals surface area contributed by atoms with Crippen LogP contribution in [0.25, 0.3) is 0 Å². The fourth-order valence-corrected chi connectivity index (χ4v) is 2.06. The van der Waals surface area contributed by atoms with Crippen molar-refractivity contribution in [2.45, 2.75) is 38.3 Å². The van der Waals surface area contributed by atoms with E-state index in [4.69, 9.17) is 0 Å². The van der Waals surface area contributed by atoms with Gasteiger partial charge in [-0.1, -0.05) is 6.42 Å². The Morgan fingerprint density at radius 3 is 3.12 bits per heavy atom. The quantitative estimate of drug-likeness (QED) is 0.802. The Hall–Kier alpha value is -1.00. The molecule has 0 aromatic carbocycles. The second-order valence-electron chi connectivity index (χ2n) is 4.41. The van der Waals surface area contributed by atoms with Gasteiger partial charge in [0.25, 0.3) is 0 Å². The van der Waals surface area contributed by atoms with E-state index < -0.39 is 0 Å². The van der Waals surface area contributed by atoms with Crippen LogP contribution >= 0.6 is 0 Å². The lowest BCUT2D eigenvalue weighted by Crippen LogP contribution is -2.42. The zero-order valence-corrected chi connectivity index (χ0v) is 9.82. The predicted octanol–water partition coefficient (Wildman–Crippen LogP) is 1.27. The van der Waals surface area contributed by atoms with Gasteiger partial charge in [0.05, 0.1) is 5.69 Å². The molecule has 2 atom stereocenters. The Morgan fingerprint density at radius 2 is 2.44 bits per heavy atom. The van der Waals surface area contributed by atoms with Gasteiger partial charge < -0.3 is 10.6 Å². The lowest BCUT2D eigenvalue weighted by molar-refractivity contribution is 0.370. The van der Waals surface area contributed by atoms with Crippen LogP contribution < -0.4 is 10.6 Å². The number of hydrogen-bond acceptors (Lipinski definition) is 4. The fraction of sp³-hybridized carbons (Fsp3) is 0.667. The van der Waals surface area contributed by atoms with Crippen molar-refractivity contribution in [2.24, 2.45) is 0 Å². The van der Waals surface area contributed by atoms with Crippen molar-refractivity contribution in [3.05, 3.63) is 24.3 Å². The van der Waals surface area contributed by atoms with Gasteiger partial charge >= 0.3 is 0 Å². The number of nitrogens with zero attached hydrogens (tertiary/aromatic N) is 2. The van der Waals surface area contributed by atoms with Crippen molar-refractivity contribution in [1.29, 1.82) is 0 Å². The minimum atomic E-state index is 0.275. The molecular formula is C12H20N4. The molecule has 4 heteroatoms. The summed E-state index contributed by atoms with van der Waals surface area (Å²) in [5.41, 5.74) is 1.01. The third kappa shape index (κ3) is 3.25. The second kappa shape index (κ2) is 5.92. The Kier molecular flexibility index (Phi) is 4.25. The molecule has 16 heavy (non-hydrogen) atoms. The van der Waals surface area contributed by atoms with Gasteiger partial charge in [0.15, 0.2) is 0 Å². The molecule has 2 heterocycles. The highest BCUT2D eigenvalue weighted by Crippen LogP contribution is 2.09. The first-order valence-electron chi connectivity index (χ1n) is 6.09. The number of aromatic nitrogens is 2. The molecule has 0 aliphatic carbocycles. The zero-order chi connectivity index (χ0) is 11.2. The highest BCUT2D eigenvalue weighted by molar-refractivity contribution is 5.00. The van der Waals surface area contributed by atoms with Gasteiger partial charge in [-0.3, -0.25) is 9.97 Å². The van der Waals surface area contributed by atoms with Crippen LogP contribution in [-0.4, -0.2) is 29.1 Å². The topological polar surface area (TPSA) is 49.8 Å². The minimum absolute atomic E-state index is 0.275. The first-order valence-corrected chi connectivity index (χ1v) is 6.09. The van der Waals surface area contributed by atoms with Crippen LogP contribution in [0.5, 0.6) is 0 Å². The number of rotatable bonds is 4. The summed E-state index contributed by atoms with van der Waals surface area (Å²) in [5.74, 6) is 0. The second-order valence-corrected chi connectivity index (χ2v) is 4.41. The first kappa shape index (κ1) is 11.5. The third-order valence-corrected chi connectivity index (χ3v) is 3.11. The Labute approximate surface area is 96.9 Å². The smallest absolute Gasteiger partial charge is 0.0753 e. The Balaban J connectivity index is 1.77. The molecule has 2 N–H and O–H groups in total. The molecule has 4 nitrogen and oxygen atoms in total. The van der Waals surface area contributed by atoms with E-state index in [0.717, 1.165) is 18.8 Å². The van der Waals surface area contributed by atoms with Gasteiger partial charge in [-0.2, -0.15) is 0 Å². The van der Waals surface area contributed by atoms with E-state index in [9.17, 15) is 0 Å². The van der Waals surface area contributed by atoms with Crippen molar-refractivity contribution >= 4 is 0 Å². The minimum Gasteiger partial charge on any atom is -0.313 e. The van der Waals surface area contributed by atoms with Crippen molar-refractivity contribution in [1.82, 2.24) is 20.6 Å². The van der Waals surface area contributed by atoms with Crippen LogP contribution in [0.4, 0.5) is 0 Å². The summed E-state index contributed by atoms with van der Waals surface area (Å²) in [5, 5.41) is 7.03. The van der Waals surface area contributed by atoms with Crippen LogP contribution in [0.1, 0.15) is 37.9 Å². The maximum absolute atomic E-state index is 4.30. The predicted molar refractivity (Wildman–Crippen MR) is 64.1 cm³/mol. The van der Waals surface area contributed by atoms with Gasteiger partial charge in [0.2, 0.25) is 0 Å². The van der Waals surface area contributed by atoms with E-state index in [1.165, 1.54) is 19.3 Å². The van der Waals surface area contributed by atoms with Crippen LogP contribution in [0.15, 0.2) is 18.6 Å². The fourth-order valence-electron chi connectivity index (χ4n) is 2.06. The van der Waals surface area contributed by atoms with E-state index in [1.54, 1.807) is 12.4 Å². The summed E-state index contributed by atoms with van der Waals surface area (Å²) >= 11 is 0. The van der Waals surface area contributed by atoms with Gasteiger partial charge in [0.1, 0.15) is 0 Å². The molecule has 1 aromatic rings. The van der Waals surface area contributed by atoms with Gasteiger partial charge in [-0.15, -0.1) is 0 Å². The van der Waals surface area contributed by atoms with Crippen LogP contribution in [0.2, 0.25) is 0 Å². The molecule has 1 aliphatic rings. The summed E-state index contributed by atoms with van der Waals surface area (Å²) in [6, 6.07) is 0.894. The first-order chi connectivity index (χ1) is 7.86. The summed E-state index contributed by atoms with van der Waals surface area (Å²) in [4.78, 5) is 8.38. The lowest BCUT2D eigenvalue weighted by atomic mass is 10.0. The largest absolute Gasteiger partial charge is 0.313 e. The van der Waals surface area contributed by atoms with Crippen LogP contribution in [0, 0.1) is 0 Å². The Morgan fingerprint density at radius 1 is 1.50 bits per heavy atom. The van der Waals surface area contributed by atoms with Crippen molar-refractivity contribution in [3.8, 4) is 0 Å². The van der Waals surface area contributed by atoms with E-state index >= 15 is 0 Å². The molecular weight excluding hydrogens is 200 g/mol. The number of hydrogen-bond donors (Lipinski definition) is 2. The maximum Gasteiger partial charge on any atom is 0.0753 e. The molecule has 0 unspecified atom stereocenters. The van der Waals surface area contributed by atoms with Gasteiger partial charge in [-0.05, 0) is 26.3 Å². The summed E-state index contributed by atoms with van der Waals surface area (Å²) in [6.45, 7) is 4.30. The molecule has 1 aliphatic heterocycles. The number of nitrogens with one attached hydrogen (secondary N) is 2. The highest BCUT2D eigenvalue weighted by Gasteiger charge is 2.14. The molecule has 88 valence electrons. The molecule has 2 rings (SSSR count). The van der Waals surface area contributed by atoms with Crippen LogP contribution in [-0.2, 0) is 0 Å². The lowest BCUT2D eigenvalue weighted by Gasteiger charge is -2.25. The van der Waals surface area contributed by atoms with Gasteiger partial charge in [0, 0.05) is 37.2 Å². The normalized spacial score (nSPS) is 22.9. The highest BCUT2D eigenvalue weighted by atomic mass is 15.0. The molecule has 0 spiro atoms. The van der Waals surface area contributed by atoms with Crippen molar-refractivity contribution in [3.63, 3.8) is 0 Å². The average molecular weight is 220 g/mol. The molecule has 0 amide bonds. The van der Waals surface area contributed by atoms with E-state index in [2.05, 4.69) is 27.5 Å². The third-order valence-electron chi connectivity index (χ3n) is 3.11. The maximum atomic E-state index is 4.30. The average Bonchev–Trinajstić information content (AvgIpc) is 2.38. The SMILES string of the molecule is C[C@@H](NC[C@H]1CCCCN1)c1cnccn1. The summed E-state index contributed by atoms with van der Waals surface area (Å²) < 4.78 is 0. The van der Waals surface area contributed by atoms with Crippen LogP contribution in [0.3, 0.4) is 0 Å². The monoisotopic (exact) mass is 220 g/mol. The van der Waals surface area contributed by atoms with E-state index in [1.807, 2.05) is 6.20 Å². The standard InChI is InChI=1S/C12H20N4/c1-10(12-9-13-6-7-15-12)16-8-11-4-2-3-5-14-11/h6-7,9-11,14,16H,2-5,8H2,1H3/t10-,11-/m1/s1. The Bertz CT molecular complexity index is 295. The molecule has 1 fully saturated rings.